The van der Waals surface area contributed by atoms with Crippen LogP contribution in [0.4, 0.5) is 10.5 Å². The summed E-state index contributed by atoms with van der Waals surface area (Å²) in [4.78, 5) is 10.5. The topological polar surface area (TPSA) is 55.1 Å². The zero-order valence-corrected chi connectivity index (χ0v) is 7.14. The molecule has 3 nitrogen and oxygen atoms in total. The number of rotatable bonds is 2. The van der Waals surface area contributed by atoms with E-state index in [2.05, 4.69) is 5.32 Å². The smallest absolute Gasteiger partial charge is 0.318 e. The van der Waals surface area contributed by atoms with Crippen LogP contribution in [0.1, 0.15) is 5.56 Å². The molecule has 1 rings (SSSR count). The SMILES string of the molecule is NCc1ccccc1NC(=O)Cl. The molecule has 4 heteroatoms. The highest BCUT2D eigenvalue weighted by molar-refractivity contribution is 6.65. The quantitative estimate of drug-likeness (QED) is 0.545. The van der Waals surface area contributed by atoms with E-state index in [1.807, 2.05) is 12.1 Å². The lowest BCUT2D eigenvalue weighted by molar-refractivity contribution is 0.269. The van der Waals surface area contributed by atoms with Crippen molar-refractivity contribution >= 4 is 22.7 Å². The molecular weight excluding hydrogens is 176 g/mol. The molecule has 0 radical (unpaired) electrons. The summed E-state index contributed by atoms with van der Waals surface area (Å²) >= 11 is 5.15. The van der Waals surface area contributed by atoms with Gasteiger partial charge in [-0.3, -0.25) is 4.79 Å². The molecule has 0 aromatic heterocycles. The van der Waals surface area contributed by atoms with Gasteiger partial charge in [0, 0.05) is 12.2 Å². The minimum absolute atomic E-state index is 0.382. The van der Waals surface area contributed by atoms with Gasteiger partial charge in [-0.1, -0.05) is 18.2 Å². The number of anilines is 1. The van der Waals surface area contributed by atoms with Crippen molar-refractivity contribution < 1.29 is 4.79 Å². The zero-order valence-electron chi connectivity index (χ0n) is 6.38. The molecule has 1 aromatic carbocycles. The number of hydrogen-bond acceptors (Lipinski definition) is 2. The Labute approximate surface area is 75.5 Å². The third kappa shape index (κ3) is 2.22. The summed E-state index contributed by atoms with van der Waals surface area (Å²) in [6.07, 6.45) is 0. The second-order valence-corrected chi connectivity index (χ2v) is 2.60. The molecule has 0 heterocycles. The maximum absolute atomic E-state index is 10.5. The summed E-state index contributed by atoms with van der Waals surface area (Å²) in [7, 11) is 0. The molecule has 0 saturated carbocycles. The van der Waals surface area contributed by atoms with Crippen LogP contribution in [-0.4, -0.2) is 5.37 Å². The Bertz CT molecular complexity index is 288. The third-order valence-electron chi connectivity index (χ3n) is 1.47. The Morgan fingerprint density at radius 2 is 2.17 bits per heavy atom. The van der Waals surface area contributed by atoms with Gasteiger partial charge in [0.25, 0.3) is 0 Å². The van der Waals surface area contributed by atoms with Crippen molar-refractivity contribution in [2.24, 2.45) is 5.73 Å². The summed E-state index contributed by atoms with van der Waals surface area (Å²) in [6, 6.07) is 7.25. The van der Waals surface area contributed by atoms with E-state index >= 15 is 0 Å². The van der Waals surface area contributed by atoms with Crippen LogP contribution in [0.5, 0.6) is 0 Å². The Balaban J connectivity index is 2.89. The van der Waals surface area contributed by atoms with E-state index in [0.717, 1.165) is 5.56 Å². The molecule has 12 heavy (non-hydrogen) atoms. The standard InChI is InChI=1S/C8H9ClN2O/c9-8(12)11-7-4-2-1-3-6(7)5-10/h1-4H,5,10H2,(H,11,12). The number of halogens is 1. The van der Waals surface area contributed by atoms with Gasteiger partial charge in [-0.05, 0) is 23.2 Å². The first-order chi connectivity index (χ1) is 5.74. The summed E-state index contributed by atoms with van der Waals surface area (Å²) in [5, 5.41) is 1.87. The largest absolute Gasteiger partial charge is 0.326 e. The highest BCUT2D eigenvalue weighted by atomic mass is 35.5. The molecule has 0 aliphatic heterocycles. The fourth-order valence-electron chi connectivity index (χ4n) is 0.926. The lowest BCUT2D eigenvalue weighted by Crippen LogP contribution is -2.06. The third-order valence-corrected chi connectivity index (χ3v) is 1.56. The first kappa shape index (κ1) is 9.03. The molecule has 0 aliphatic carbocycles. The minimum atomic E-state index is -0.601. The van der Waals surface area contributed by atoms with Gasteiger partial charge >= 0.3 is 5.37 Å². The van der Waals surface area contributed by atoms with Crippen LogP contribution in [0.25, 0.3) is 0 Å². The van der Waals surface area contributed by atoms with Crippen molar-refractivity contribution in [1.82, 2.24) is 0 Å². The monoisotopic (exact) mass is 184 g/mol. The van der Waals surface area contributed by atoms with Gasteiger partial charge in [-0.25, -0.2) is 0 Å². The van der Waals surface area contributed by atoms with E-state index in [9.17, 15) is 4.79 Å². The van der Waals surface area contributed by atoms with Gasteiger partial charge in [-0.15, -0.1) is 0 Å². The maximum Gasteiger partial charge on any atom is 0.318 e. The molecule has 0 atom stereocenters. The first-order valence-corrected chi connectivity index (χ1v) is 3.86. The Morgan fingerprint density at radius 3 is 2.75 bits per heavy atom. The van der Waals surface area contributed by atoms with Crippen molar-refractivity contribution in [3.63, 3.8) is 0 Å². The molecule has 1 aromatic rings. The van der Waals surface area contributed by atoms with Gasteiger partial charge in [0.15, 0.2) is 0 Å². The Hall–Kier alpha value is -1.06. The number of nitrogens with two attached hydrogens (primary N) is 1. The Kier molecular flexibility index (Phi) is 3.08. The number of carbonyl (C=O) groups is 1. The molecule has 3 N–H and O–H groups in total. The molecule has 1 amide bonds. The van der Waals surface area contributed by atoms with Crippen LogP contribution in [0.3, 0.4) is 0 Å². The highest BCUT2D eigenvalue weighted by Crippen LogP contribution is 2.14. The van der Waals surface area contributed by atoms with Crippen LogP contribution in [0.2, 0.25) is 0 Å². The number of benzene rings is 1. The molecule has 0 fully saturated rings. The van der Waals surface area contributed by atoms with Crippen molar-refractivity contribution in [2.75, 3.05) is 5.32 Å². The van der Waals surface area contributed by atoms with Crippen LogP contribution in [-0.2, 0) is 6.54 Å². The number of nitrogens with one attached hydrogen (secondary N) is 1. The number of para-hydroxylation sites is 1. The Morgan fingerprint density at radius 1 is 1.50 bits per heavy atom. The maximum atomic E-state index is 10.5. The van der Waals surface area contributed by atoms with Gasteiger partial charge in [0.1, 0.15) is 0 Å². The van der Waals surface area contributed by atoms with E-state index in [1.165, 1.54) is 0 Å². The average molecular weight is 185 g/mol. The highest BCUT2D eigenvalue weighted by Gasteiger charge is 2.01. The molecule has 64 valence electrons. The molecular formula is C8H9ClN2O. The van der Waals surface area contributed by atoms with Gasteiger partial charge in [-0.2, -0.15) is 0 Å². The molecule has 0 unspecified atom stereocenters. The normalized spacial score (nSPS) is 9.50. The van der Waals surface area contributed by atoms with Crippen molar-refractivity contribution in [3.8, 4) is 0 Å². The average Bonchev–Trinajstić information content (AvgIpc) is 2.04. The number of carbonyl (C=O) groups excluding carboxylic acids is 1. The second kappa shape index (κ2) is 4.09. The van der Waals surface area contributed by atoms with E-state index < -0.39 is 5.37 Å². The van der Waals surface area contributed by atoms with Crippen LogP contribution in [0, 0.1) is 0 Å². The van der Waals surface area contributed by atoms with Crippen LogP contribution < -0.4 is 11.1 Å². The van der Waals surface area contributed by atoms with Crippen molar-refractivity contribution in [3.05, 3.63) is 29.8 Å². The number of hydrogen-bond donors (Lipinski definition) is 2. The summed E-state index contributed by atoms with van der Waals surface area (Å²) in [6.45, 7) is 0.382. The summed E-state index contributed by atoms with van der Waals surface area (Å²) < 4.78 is 0. The lowest BCUT2D eigenvalue weighted by Gasteiger charge is -2.05. The fraction of sp³-hybridized carbons (Fsp3) is 0.125. The molecule has 0 bridgehead atoms. The molecule has 0 aliphatic rings. The van der Waals surface area contributed by atoms with Crippen LogP contribution >= 0.6 is 11.6 Å². The fourth-order valence-corrected chi connectivity index (χ4v) is 1.03. The van der Waals surface area contributed by atoms with E-state index in [4.69, 9.17) is 17.3 Å². The van der Waals surface area contributed by atoms with E-state index in [0.29, 0.717) is 12.2 Å². The van der Waals surface area contributed by atoms with Gasteiger partial charge < -0.3 is 11.1 Å². The number of amides is 1. The van der Waals surface area contributed by atoms with E-state index in [-0.39, 0.29) is 0 Å². The van der Waals surface area contributed by atoms with Crippen LogP contribution in [0.15, 0.2) is 24.3 Å². The minimum Gasteiger partial charge on any atom is -0.326 e. The van der Waals surface area contributed by atoms with Crippen molar-refractivity contribution in [1.29, 1.82) is 0 Å². The molecule has 0 saturated heterocycles. The summed E-state index contributed by atoms with van der Waals surface area (Å²) in [5.74, 6) is 0. The first-order valence-electron chi connectivity index (χ1n) is 3.48. The summed E-state index contributed by atoms with van der Waals surface area (Å²) in [5.41, 5.74) is 6.97. The van der Waals surface area contributed by atoms with E-state index in [1.54, 1.807) is 12.1 Å². The van der Waals surface area contributed by atoms with Gasteiger partial charge in [0.2, 0.25) is 0 Å². The second-order valence-electron chi connectivity index (χ2n) is 2.26. The lowest BCUT2D eigenvalue weighted by atomic mass is 10.2. The van der Waals surface area contributed by atoms with Crippen molar-refractivity contribution in [2.45, 2.75) is 6.54 Å². The zero-order chi connectivity index (χ0) is 8.97. The molecule has 0 spiro atoms. The predicted octanol–water partition coefficient (Wildman–Crippen LogP) is 1.92. The van der Waals surface area contributed by atoms with Gasteiger partial charge in [0.05, 0.1) is 0 Å². The predicted molar refractivity (Wildman–Crippen MR) is 49.2 cm³/mol.